The molecule has 224 valence electrons. The fourth-order valence-corrected chi connectivity index (χ4v) is 5.58. The third-order valence-electron chi connectivity index (χ3n) is 7.86. The van der Waals surface area contributed by atoms with Crippen LogP contribution in [0.25, 0.3) is 0 Å². The number of carbonyl (C=O) groups is 7. The first-order valence-electron chi connectivity index (χ1n) is 13.9. The van der Waals surface area contributed by atoms with Gasteiger partial charge >= 0.3 is 5.97 Å². The largest absolute Gasteiger partial charge is 0.480 e. The topological polar surface area (TPSA) is 182 Å². The molecule has 5 amide bonds. The van der Waals surface area contributed by atoms with E-state index in [1.165, 1.54) is 9.80 Å². The number of Topliss-reactive ketones (excluding diaryl/α,β-unsaturated/α-hetero) is 1. The Bertz CT molecular complexity index is 999. The van der Waals surface area contributed by atoms with Crippen LogP contribution in [0.5, 0.6) is 0 Å². The van der Waals surface area contributed by atoms with Crippen LogP contribution in [-0.4, -0.2) is 100 Å². The molecule has 2 rings (SSSR count). The normalized spacial score (nSPS) is 22.8. The zero-order valence-electron chi connectivity index (χ0n) is 24.1. The number of nitrogens with zero attached hydrogens (tertiary/aromatic N) is 2. The van der Waals surface area contributed by atoms with Crippen LogP contribution < -0.4 is 16.0 Å². The van der Waals surface area contributed by atoms with E-state index in [9.17, 15) is 33.6 Å². The van der Waals surface area contributed by atoms with E-state index < -0.39 is 66.1 Å². The third kappa shape index (κ3) is 7.36. The average molecular weight is 566 g/mol. The van der Waals surface area contributed by atoms with Crippen molar-refractivity contribution in [3.63, 3.8) is 0 Å². The summed E-state index contributed by atoms with van der Waals surface area (Å²) in [6.45, 7) is 10.6. The summed E-state index contributed by atoms with van der Waals surface area (Å²) in [4.78, 5) is 91.0. The van der Waals surface area contributed by atoms with Gasteiger partial charge in [0.15, 0.2) is 0 Å². The van der Waals surface area contributed by atoms with Gasteiger partial charge in [0.05, 0.1) is 0 Å². The molecule has 6 atom stereocenters. The van der Waals surface area contributed by atoms with Gasteiger partial charge in [-0.15, -0.1) is 0 Å². The summed E-state index contributed by atoms with van der Waals surface area (Å²) >= 11 is 0. The first-order chi connectivity index (χ1) is 18.8. The molecular weight excluding hydrogens is 522 g/mol. The second kappa shape index (κ2) is 14.2. The first kappa shape index (κ1) is 32.7. The van der Waals surface area contributed by atoms with E-state index in [1.807, 2.05) is 13.8 Å². The molecule has 2 saturated heterocycles. The molecule has 2 aliphatic heterocycles. The molecular formula is C27H43N5O8. The van der Waals surface area contributed by atoms with Gasteiger partial charge in [0.25, 0.3) is 5.91 Å². The number of amides is 5. The monoisotopic (exact) mass is 565 g/mol. The molecule has 40 heavy (non-hydrogen) atoms. The summed E-state index contributed by atoms with van der Waals surface area (Å²) in [5, 5.41) is 16.2. The number of rotatable bonds is 14. The lowest BCUT2D eigenvalue weighted by molar-refractivity contribution is -0.152. The minimum Gasteiger partial charge on any atom is -0.480 e. The van der Waals surface area contributed by atoms with Crippen molar-refractivity contribution in [1.29, 1.82) is 0 Å². The lowest BCUT2D eigenvalue weighted by Crippen LogP contribution is -2.61. The van der Waals surface area contributed by atoms with Crippen molar-refractivity contribution >= 4 is 41.8 Å². The highest BCUT2D eigenvalue weighted by molar-refractivity contribution is 6.38. The number of hydrogen-bond acceptors (Lipinski definition) is 7. The minimum atomic E-state index is -1.30. The molecule has 0 aromatic carbocycles. The number of fused-ring (bicyclic) bond motifs is 2. The summed E-state index contributed by atoms with van der Waals surface area (Å²) in [6.07, 6.45) is 1.64. The third-order valence-corrected chi connectivity index (χ3v) is 7.86. The van der Waals surface area contributed by atoms with E-state index in [4.69, 9.17) is 5.11 Å². The molecule has 4 N–H and O–H groups in total. The Morgan fingerprint density at radius 3 is 2.23 bits per heavy atom. The fraction of sp³-hybridized carbons (Fsp3) is 0.741. The molecule has 2 bridgehead atoms. The Balaban J connectivity index is 2.34. The first-order valence-corrected chi connectivity index (χ1v) is 13.9. The second-order valence-corrected chi connectivity index (χ2v) is 11.4. The number of carbonyl (C=O) groups excluding carboxylic acids is 6. The fourth-order valence-electron chi connectivity index (χ4n) is 5.58. The van der Waals surface area contributed by atoms with Crippen LogP contribution in [0, 0.1) is 23.7 Å². The van der Waals surface area contributed by atoms with E-state index in [1.54, 1.807) is 27.7 Å². The van der Waals surface area contributed by atoms with Crippen molar-refractivity contribution in [2.24, 2.45) is 23.7 Å². The highest BCUT2D eigenvalue weighted by Gasteiger charge is 2.52. The zero-order chi connectivity index (χ0) is 30.3. The molecule has 13 nitrogen and oxygen atoms in total. The molecule has 0 spiro atoms. The predicted octanol–water partition coefficient (Wildman–Crippen LogP) is -0.468. The van der Waals surface area contributed by atoms with Gasteiger partial charge in [0.1, 0.15) is 30.7 Å². The molecule has 13 heteroatoms. The highest BCUT2D eigenvalue weighted by atomic mass is 16.4. The highest BCUT2D eigenvalue weighted by Crippen LogP contribution is 2.37. The number of likely N-dealkylation sites (tertiary alicyclic amines) is 2. The van der Waals surface area contributed by atoms with Gasteiger partial charge < -0.3 is 30.9 Å². The van der Waals surface area contributed by atoms with Crippen LogP contribution in [-0.2, 0) is 33.6 Å². The Labute approximate surface area is 234 Å². The smallest absolute Gasteiger partial charge is 0.322 e. The van der Waals surface area contributed by atoms with E-state index in [0.717, 1.165) is 0 Å². The number of carboxylic acid groups (broad SMARTS) is 1. The SMILES string of the molecule is CCCC(C(=O)C(=O)NCC(=O)O)N1CC[C@H]2CN(C(=O)[C@@H](NC(=O)[C@H](NC=O)C(C)C)C(C)C)C(C1=O)[C@H]2C. The van der Waals surface area contributed by atoms with Gasteiger partial charge in [-0.05, 0) is 36.5 Å². The van der Waals surface area contributed by atoms with Crippen molar-refractivity contribution in [1.82, 2.24) is 25.8 Å². The van der Waals surface area contributed by atoms with Crippen LogP contribution in [0.4, 0.5) is 0 Å². The number of carboxylic acids is 1. The van der Waals surface area contributed by atoms with Crippen LogP contribution in [0.3, 0.4) is 0 Å². The van der Waals surface area contributed by atoms with E-state index in [0.29, 0.717) is 25.8 Å². The maximum atomic E-state index is 14.0. The van der Waals surface area contributed by atoms with Crippen molar-refractivity contribution < 1.29 is 38.7 Å². The Hall–Kier alpha value is -3.51. The molecule has 0 aromatic rings. The van der Waals surface area contributed by atoms with Gasteiger partial charge in [-0.3, -0.25) is 33.6 Å². The van der Waals surface area contributed by atoms with E-state index in [2.05, 4.69) is 16.0 Å². The summed E-state index contributed by atoms with van der Waals surface area (Å²) in [7, 11) is 0. The molecule has 2 unspecified atom stereocenters. The number of hydrogen-bond donors (Lipinski definition) is 4. The molecule has 2 aliphatic rings. The van der Waals surface area contributed by atoms with Crippen molar-refractivity contribution in [2.75, 3.05) is 19.6 Å². The summed E-state index contributed by atoms with van der Waals surface area (Å²) in [5.41, 5.74) is 0. The van der Waals surface area contributed by atoms with Gasteiger partial charge in [-0.25, -0.2) is 0 Å². The molecule has 0 aromatic heterocycles. The molecule has 0 aliphatic carbocycles. The van der Waals surface area contributed by atoms with Gasteiger partial charge in [0, 0.05) is 13.1 Å². The molecule has 0 saturated carbocycles. The number of nitrogens with one attached hydrogen (secondary N) is 3. The Kier molecular flexibility index (Phi) is 11.6. The van der Waals surface area contributed by atoms with Crippen LogP contribution in [0.1, 0.15) is 60.8 Å². The van der Waals surface area contributed by atoms with Crippen molar-refractivity contribution in [2.45, 2.75) is 85.0 Å². The predicted molar refractivity (Wildman–Crippen MR) is 143 cm³/mol. The van der Waals surface area contributed by atoms with Gasteiger partial charge in [0.2, 0.25) is 29.9 Å². The minimum absolute atomic E-state index is 0.0372. The van der Waals surface area contributed by atoms with E-state index >= 15 is 0 Å². The van der Waals surface area contributed by atoms with Crippen LogP contribution >= 0.6 is 0 Å². The summed E-state index contributed by atoms with van der Waals surface area (Å²) in [6, 6.07) is -3.76. The Morgan fingerprint density at radius 2 is 1.70 bits per heavy atom. The molecule has 0 radical (unpaired) electrons. The maximum absolute atomic E-state index is 14.0. The zero-order valence-corrected chi connectivity index (χ0v) is 24.1. The van der Waals surface area contributed by atoms with Crippen LogP contribution in [0.2, 0.25) is 0 Å². The molecule has 2 fully saturated rings. The van der Waals surface area contributed by atoms with E-state index in [-0.39, 0.29) is 36.6 Å². The average Bonchev–Trinajstić information content (AvgIpc) is 3.16. The summed E-state index contributed by atoms with van der Waals surface area (Å²) < 4.78 is 0. The van der Waals surface area contributed by atoms with Crippen LogP contribution in [0.15, 0.2) is 0 Å². The summed E-state index contributed by atoms with van der Waals surface area (Å²) in [5.74, 6) is -5.45. The standard InChI is InChI=1S/C27H43N5O8/c1-7-8-18(23(36)25(38)28-11-19(34)35)31-10-9-17-12-32(22(16(17)6)27(31)40)26(39)21(15(4)5)30-24(37)20(14(2)3)29-13-33/h13-18,20-22H,7-12H2,1-6H3,(H,28,38)(H,29,33)(H,30,37)(H,34,35)/t16-,17-,18?,20+,21-,22?/m0/s1. The number of aliphatic carboxylic acids is 1. The van der Waals surface area contributed by atoms with Gasteiger partial charge in [-0.1, -0.05) is 48.0 Å². The van der Waals surface area contributed by atoms with Crippen molar-refractivity contribution in [3.05, 3.63) is 0 Å². The second-order valence-electron chi connectivity index (χ2n) is 11.4. The number of ketones is 1. The Morgan fingerprint density at radius 1 is 1.07 bits per heavy atom. The molecule has 2 heterocycles. The lowest BCUT2D eigenvalue weighted by Gasteiger charge is -2.37. The quantitative estimate of drug-likeness (QED) is 0.161. The van der Waals surface area contributed by atoms with Crippen molar-refractivity contribution in [3.8, 4) is 0 Å². The maximum Gasteiger partial charge on any atom is 0.322 e. The lowest BCUT2D eigenvalue weighted by atomic mass is 9.91. The van der Waals surface area contributed by atoms with Gasteiger partial charge in [-0.2, -0.15) is 0 Å².